The zero-order chi connectivity index (χ0) is 22.7. The van der Waals surface area contributed by atoms with Crippen molar-refractivity contribution >= 4 is 34.4 Å². The molecule has 0 atom stereocenters. The Balaban J connectivity index is 1.67. The Hall–Kier alpha value is -3.62. The molecule has 1 aliphatic rings. The van der Waals surface area contributed by atoms with Crippen molar-refractivity contribution < 1.29 is 31.9 Å². The quantitative estimate of drug-likeness (QED) is 0.585. The van der Waals surface area contributed by atoms with Gasteiger partial charge in [0.2, 0.25) is 0 Å². The number of rotatable bonds is 5. The standard InChI is InChI=1S/C23H19F3N2O4/c24-23(25,26)13-27-19(29)12-32-22(30)20-16-7-1-2-9-18(16)28-21-14(5-3-8-17(20)21)11-15-6-4-10-31-15/h1-2,4,6-7,9-11H,3,5,8,12-13H2,(H,27,29)/b14-11+. The highest BCUT2D eigenvalue weighted by molar-refractivity contribution is 6.07. The van der Waals surface area contributed by atoms with Crippen LogP contribution in [-0.4, -0.2) is 36.2 Å². The lowest BCUT2D eigenvalue weighted by molar-refractivity contribution is -0.140. The number of nitrogens with one attached hydrogen (secondary N) is 1. The second kappa shape index (κ2) is 8.86. The number of benzene rings is 1. The van der Waals surface area contributed by atoms with Gasteiger partial charge in [-0.25, -0.2) is 9.78 Å². The first-order chi connectivity index (χ1) is 15.3. The number of hydrogen-bond donors (Lipinski definition) is 1. The minimum absolute atomic E-state index is 0.277. The predicted octanol–water partition coefficient (Wildman–Crippen LogP) is 4.54. The fourth-order valence-corrected chi connectivity index (χ4v) is 3.71. The lowest BCUT2D eigenvalue weighted by Gasteiger charge is -2.22. The molecule has 166 valence electrons. The molecule has 4 rings (SSSR count). The summed E-state index contributed by atoms with van der Waals surface area (Å²) in [6.45, 7) is -2.30. The zero-order valence-electron chi connectivity index (χ0n) is 16.9. The number of allylic oxidation sites excluding steroid dienone is 1. The van der Waals surface area contributed by atoms with Crippen molar-refractivity contribution in [3.63, 3.8) is 0 Å². The molecule has 32 heavy (non-hydrogen) atoms. The molecule has 1 N–H and O–H groups in total. The van der Waals surface area contributed by atoms with Crippen molar-refractivity contribution in [2.24, 2.45) is 0 Å². The third-order valence-electron chi connectivity index (χ3n) is 5.05. The summed E-state index contributed by atoms with van der Waals surface area (Å²) in [5.41, 5.74) is 3.10. The number of esters is 1. The zero-order valence-corrected chi connectivity index (χ0v) is 16.9. The highest BCUT2D eigenvalue weighted by Crippen LogP contribution is 2.36. The van der Waals surface area contributed by atoms with Gasteiger partial charge in [0.25, 0.3) is 5.91 Å². The number of aromatic nitrogens is 1. The van der Waals surface area contributed by atoms with Gasteiger partial charge in [0, 0.05) is 5.39 Å². The third-order valence-corrected chi connectivity index (χ3v) is 5.05. The SMILES string of the molecule is O=C(COC(=O)c1c2c(nc3ccccc13)/C(=C/c1ccco1)CCC2)NCC(F)(F)F. The maximum atomic E-state index is 13.0. The Morgan fingerprint density at radius 1 is 1.16 bits per heavy atom. The van der Waals surface area contributed by atoms with Crippen molar-refractivity contribution in [2.75, 3.05) is 13.2 Å². The molecule has 2 aromatic heterocycles. The van der Waals surface area contributed by atoms with Crippen LogP contribution in [0.5, 0.6) is 0 Å². The third kappa shape index (κ3) is 4.82. The summed E-state index contributed by atoms with van der Waals surface area (Å²) in [5, 5.41) is 2.25. The van der Waals surface area contributed by atoms with E-state index in [4.69, 9.17) is 14.1 Å². The van der Waals surface area contributed by atoms with Crippen LogP contribution >= 0.6 is 0 Å². The first-order valence-corrected chi connectivity index (χ1v) is 9.98. The van der Waals surface area contributed by atoms with Crippen LogP contribution in [0.2, 0.25) is 0 Å². The van der Waals surface area contributed by atoms with Gasteiger partial charge in [-0.3, -0.25) is 4.79 Å². The highest BCUT2D eigenvalue weighted by atomic mass is 19.4. The van der Waals surface area contributed by atoms with Crippen LogP contribution in [0.1, 0.15) is 40.2 Å². The van der Waals surface area contributed by atoms with E-state index in [9.17, 15) is 22.8 Å². The number of carbonyl (C=O) groups is 2. The molecule has 0 fully saturated rings. The van der Waals surface area contributed by atoms with E-state index in [1.807, 2.05) is 12.1 Å². The molecule has 1 aromatic carbocycles. The smallest absolute Gasteiger partial charge is 0.405 e. The van der Waals surface area contributed by atoms with Crippen LogP contribution in [0.3, 0.4) is 0 Å². The van der Waals surface area contributed by atoms with Crippen LogP contribution in [-0.2, 0) is 16.0 Å². The van der Waals surface area contributed by atoms with Gasteiger partial charge in [0.15, 0.2) is 6.61 Å². The van der Waals surface area contributed by atoms with E-state index in [-0.39, 0.29) is 5.56 Å². The summed E-state index contributed by atoms with van der Waals surface area (Å²) in [7, 11) is 0. The Kier molecular flexibility index (Phi) is 5.98. The fraction of sp³-hybridized carbons (Fsp3) is 0.261. The van der Waals surface area contributed by atoms with Gasteiger partial charge in [-0.15, -0.1) is 0 Å². The first-order valence-electron chi connectivity index (χ1n) is 9.98. The molecule has 1 aliphatic carbocycles. The van der Waals surface area contributed by atoms with Gasteiger partial charge in [-0.1, -0.05) is 18.2 Å². The van der Waals surface area contributed by atoms with E-state index < -0.39 is 31.2 Å². The van der Waals surface area contributed by atoms with Crippen LogP contribution < -0.4 is 5.32 Å². The van der Waals surface area contributed by atoms with E-state index in [0.717, 1.165) is 18.4 Å². The number of para-hydroxylation sites is 1. The molecular formula is C23H19F3N2O4. The number of ether oxygens (including phenoxy) is 1. The van der Waals surface area contributed by atoms with Gasteiger partial charge in [0.1, 0.15) is 12.3 Å². The fourth-order valence-electron chi connectivity index (χ4n) is 3.71. The summed E-state index contributed by atoms with van der Waals surface area (Å²) in [6.07, 6.45) is 0.986. The number of amides is 1. The number of pyridine rings is 1. The van der Waals surface area contributed by atoms with E-state index in [1.54, 1.807) is 41.9 Å². The summed E-state index contributed by atoms with van der Waals surface area (Å²) in [4.78, 5) is 29.4. The normalized spacial score (nSPS) is 14.9. The van der Waals surface area contributed by atoms with Crippen molar-refractivity contribution in [3.05, 3.63) is 65.2 Å². The molecule has 0 bridgehead atoms. The predicted molar refractivity (Wildman–Crippen MR) is 111 cm³/mol. The molecule has 2 heterocycles. The first kappa shape index (κ1) is 21.6. The number of carbonyl (C=O) groups excluding carboxylic acids is 2. The van der Waals surface area contributed by atoms with Crippen molar-refractivity contribution in [1.82, 2.24) is 10.3 Å². The Morgan fingerprint density at radius 3 is 2.72 bits per heavy atom. The number of furan rings is 1. The molecule has 0 aliphatic heterocycles. The minimum atomic E-state index is -4.54. The Labute approximate surface area is 181 Å². The van der Waals surface area contributed by atoms with E-state index >= 15 is 0 Å². The summed E-state index contributed by atoms with van der Waals surface area (Å²) >= 11 is 0. The molecule has 6 nitrogen and oxygen atoms in total. The maximum Gasteiger partial charge on any atom is 0.405 e. The maximum absolute atomic E-state index is 13.0. The molecule has 0 unspecified atom stereocenters. The highest BCUT2D eigenvalue weighted by Gasteiger charge is 2.29. The minimum Gasteiger partial charge on any atom is -0.465 e. The molecule has 1 amide bonds. The van der Waals surface area contributed by atoms with Crippen LogP contribution in [0.4, 0.5) is 13.2 Å². The van der Waals surface area contributed by atoms with E-state index in [0.29, 0.717) is 34.3 Å². The van der Waals surface area contributed by atoms with Crippen molar-refractivity contribution in [1.29, 1.82) is 0 Å². The van der Waals surface area contributed by atoms with Crippen LogP contribution in [0, 0.1) is 0 Å². The summed E-state index contributed by atoms with van der Waals surface area (Å²) < 4.78 is 47.3. The van der Waals surface area contributed by atoms with E-state index in [1.165, 1.54) is 0 Å². The number of nitrogens with zero attached hydrogens (tertiary/aromatic N) is 1. The molecule has 0 spiro atoms. The van der Waals surface area contributed by atoms with Gasteiger partial charge >= 0.3 is 12.1 Å². The molecule has 9 heteroatoms. The van der Waals surface area contributed by atoms with Gasteiger partial charge < -0.3 is 14.5 Å². The summed E-state index contributed by atoms with van der Waals surface area (Å²) in [6, 6.07) is 10.6. The lowest BCUT2D eigenvalue weighted by Crippen LogP contribution is -2.36. The Morgan fingerprint density at radius 2 is 1.97 bits per heavy atom. The van der Waals surface area contributed by atoms with Crippen LogP contribution in [0.15, 0.2) is 47.1 Å². The molecule has 0 saturated heterocycles. The number of halogens is 3. The second-order valence-electron chi connectivity index (χ2n) is 7.34. The number of fused-ring (bicyclic) bond motifs is 2. The van der Waals surface area contributed by atoms with E-state index in [2.05, 4.69) is 0 Å². The number of hydrogen-bond acceptors (Lipinski definition) is 5. The lowest BCUT2D eigenvalue weighted by atomic mass is 9.86. The van der Waals surface area contributed by atoms with Crippen molar-refractivity contribution in [2.45, 2.75) is 25.4 Å². The summed E-state index contributed by atoms with van der Waals surface area (Å²) in [5.74, 6) is -1.14. The van der Waals surface area contributed by atoms with Crippen LogP contribution in [0.25, 0.3) is 22.6 Å². The van der Waals surface area contributed by atoms with Gasteiger partial charge in [0.05, 0.1) is 23.0 Å². The van der Waals surface area contributed by atoms with Gasteiger partial charge in [-0.05, 0) is 54.7 Å². The molecule has 0 radical (unpaired) electrons. The van der Waals surface area contributed by atoms with Crippen molar-refractivity contribution in [3.8, 4) is 0 Å². The molecular weight excluding hydrogens is 425 g/mol. The average Bonchev–Trinajstić information content (AvgIpc) is 3.27. The second-order valence-corrected chi connectivity index (χ2v) is 7.34. The topological polar surface area (TPSA) is 81.4 Å². The molecule has 3 aromatic rings. The number of alkyl halides is 3. The largest absolute Gasteiger partial charge is 0.465 e. The monoisotopic (exact) mass is 444 g/mol. The average molecular weight is 444 g/mol. The Bertz CT molecular complexity index is 1180. The molecule has 0 saturated carbocycles. The van der Waals surface area contributed by atoms with Gasteiger partial charge in [-0.2, -0.15) is 13.2 Å².